The highest BCUT2D eigenvalue weighted by molar-refractivity contribution is 6.04. The molecule has 2 aliphatic rings. The monoisotopic (exact) mass is 547 g/mol. The lowest BCUT2D eigenvalue weighted by Gasteiger charge is -2.30. The molecule has 1 saturated carbocycles. The van der Waals surface area contributed by atoms with Gasteiger partial charge in [0.1, 0.15) is 23.1 Å². The van der Waals surface area contributed by atoms with E-state index >= 15 is 4.39 Å². The van der Waals surface area contributed by atoms with Crippen LogP contribution in [0.1, 0.15) is 108 Å². The average Bonchev–Trinajstić information content (AvgIpc) is 3.64. The number of nitrogens with one attached hydrogen (secondary N) is 1. The molecule has 4 rings (SSSR count). The number of carbonyl (C=O) groups excluding carboxylic acids is 3. The number of esters is 1. The minimum atomic E-state index is -0.785. The van der Waals surface area contributed by atoms with Gasteiger partial charge in [0, 0.05) is 18.8 Å². The van der Waals surface area contributed by atoms with Gasteiger partial charge in [0.05, 0.1) is 28.8 Å². The molecule has 1 aliphatic carbocycles. The van der Waals surface area contributed by atoms with Crippen LogP contribution in [0, 0.1) is 5.82 Å². The van der Waals surface area contributed by atoms with E-state index < -0.39 is 35.1 Å². The van der Waals surface area contributed by atoms with Crippen LogP contribution in [-0.2, 0) is 9.47 Å². The number of aldehydes is 1. The van der Waals surface area contributed by atoms with Crippen LogP contribution in [-0.4, -0.2) is 47.8 Å². The minimum absolute atomic E-state index is 0.0114. The second kappa shape index (κ2) is 13.6. The number of fused-ring (bicyclic) bond motifs is 1. The summed E-state index contributed by atoms with van der Waals surface area (Å²) in [4.78, 5) is 51.9. The summed E-state index contributed by atoms with van der Waals surface area (Å²) in [6, 6.07) is 1.06. The lowest BCUT2D eigenvalue weighted by molar-refractivity contribution is 0.0501. The number of nitrogens with zero attached hydrogens (tertiary/aromatic N) is 2. The van der Waals surface area contributed by atoms with Gasteiger partial charge >= 0.3 is 12.1 Å². The number of hydrogen-bond donors (Lipinski definition) is 1. The van der Waals surface area contributed by atoms with Gasteiger partial charge in [0.2, 0.25) is 5.43 Å². The summed E-state index contributed by atoms with van der Waals surface area (Å²) in [6.07, 6.45) is 3.52. The van der Waals surface area contributed by atoms with Crippen molar-refractivity contribution in [2.75, 3.05) is 18.1 Å². The second-order valence-corrected chi connectivity index (χ2v) is 9.86. The molecule has 2 fully saturated rings. The number of carbonyl (C=O) groups is 3. The maximum atomic E-state index is 15.6. The van der Waals surface area contributed by atoms with Crippen molar-refractivity contribution in [3.05, 3.63) is 39.4 Å². The molecule has 1 aromatic carbocycles. The number of halogens is 1. The number of ether oxygens (including phenoxy) is 2. The van der Waals surface area contributed by atoms with Gasteiger partial charge in [-0.3, -0.25) is 9.59 Å². The van der Waals surface area contributed by atoms with E-state index in [1.807, 2.05) is 27.7 Å². The van der Waals surface area contributed by atoms with Crippen LogP contribution >= 0.6 is 0 Å². The van der Waals surface area contributed by atoms with Crippen LogP contribution in [0.25, 0.3) is 10.9 Å². The number of alkyl carbamates (subject to hydrolysis) is 1. The number of aromatic nitrogens is 1. The molecule has 1 atom stereocenters. The van der Waals surface area contributed by atoms with Crippen LogP contribution in [0.15, 0.2) is 17.1 Å². The molecule has 0 spiro atoms. The van der Waals surface area contributed by atoms with E-state index in [1.54, 1.807) is 37.2 Å². The molecule has 2 aromatic rings. The fraction of sp³-hybridized carbons (Fsp3) is 0.586. The van der Waals surface area contributed by atoms with Crippen molar-refractivity contribution in [3.8, 4) is 0 Å². The number of rotatable bonds is 6. The Bertz CT molecular complexity index is 1250. The van der Waals surface area contributed by atoms with E-state index in [4.69, 9.17) is 9.47 Å². The third-order valence-corrected chi connectivity index (χ3v) is 6.06. The Labute approximate surface area is 229 Å². The van der Waals surface area contributed by atoms with Gasteiger partial charge in [-0.05, 0) is 59.4 Å². The first-order valence-electron chi connectivity index (χ1n) is 13.9. The lowest BCUT2D eigenvalue weighted by atomic mass is 10.0. The van der Waals surface area contributed by atoms with Crippen LogP contribution in [0.2, 0.25) is 0 Å². The number of benzene rings is 1. The Morgan fingerprint density at radius 2 is 1.79 bits per heavy atom. The van der Waals surface area contributed by atoms with E-state index in [-0.39, 0.29) is 40.4 Å². The molecule has 1 saturated heterocycles. The summed E-state index contributed by atoms with van der Waals surface area (Å²) in [5, 5.41) is 2.71. The standard InChI is InChI=1S/C25H30FN3O6.2C2H6/c1-5-34-23(32)16-12-29(14-8-9-14)20-15(22(16)31)11-18(26)21(17(20)13-30)28-10-6-7-19(28)27-24(33)35-25(2,3)4;2*1-2/h11-14,19H,5-10H2,1-4H3,(H,27,33);2*1-2H3/t19-;;/m0../s1. The maximum Gasteiger partial charge on any atom is 0.409 e. The topological polar surface area (TPSA) is 107 Å². The molecule has 1 aromatic heterocycles. The molecule has 10 heteroatoms. The van der Waals surface area contributed by atoms with Gasteiger partial charge in [-0.2, -0.15) is 0 Å². The first-order chi connectivity index (χ1) is 18.6. The van der Waals surface area contributed by atoms with E-state index in [2.05, 4.69) is 5.32 Å². The van der Waals surface area contributed by atoms with Crippen LogP contribution in [0.5, 0.6) is 0 Å². The average molecular weight is 548 g/mol. The maximum absolute atomic E-state index is 15.6. The smallest absolute Gasteiger partial charge is 0.409 e. The van der Waals surface area contributed by atoms with Gasteiger partial charge in [-0.1, -0.05) is 27.7 Å². The molecule has 0 bridgehead atoms. The molecule has 0 unspecified atom stereocenters. The highest BCUT2D eigenvalue weighted by Crippen LogP contribution is 2.40. The van der Waals surface area contributed by atoms with E-state index in [0.717, 1.165) is 18.9 Å². The molecule has 1 aliphatic heterocycles. The summed E-state index contributed by atoms with van der Waals surface area (Å²) in [5.74, 6) is -1.56. The summed E-state index contributed by atoms with van der Waals surface area (Å²) >= 11 is 0. The molecule has 39 heavy (non-hydrogen) atoms. The van der Waals surface area contributed by atoms with Crippen molar-refractivity contribution in [3.63, 3.8) is 0 Å². The summed E-state index contributed by atoms with van der Waals surface area (Å²) in [7, 11) is 0. The van der Waals surface area contributed by atoms with Crippen molar-refractivity contribution in [1.82, 2.24) is 9.88 Å². The fourth-order valence-corrected chi connectivity index (χ4v) is 4.53. The Balaban J connectivity index is 0.00000127. The Morgan fingerprint density at radius 3 is 2.33 bits per heavy atom. The quantitative estimate of drug-likeness (QED) is 0.351. The van der Waals surface area contributed by atoms with E-state index in [0.29, 0.717) is 25.7 Å². The van der Waals surface area contributed by atoms with Crippen LogP contribution in [0.4, 0.5) is 14.9 Å². The number of pyridine rings is 1. The van der Waals surface area contributed by atoms with Gasteiger partial charge in [0.15, 0.2) is 6.29 Å². The number of hydrogen-bond acceptors (Lipinski definition) is 7. The van der Waals surface area contributed by atoms with Crippen LogP contribution in [0.3, 0.4) is 0 Å². The third-order valence-electron chi connectivity index (χ3n) is 6.06. The Hall–Kier alpha value is -3.43. The van der Waals surface area contributed by atoms with E-state index in [9.17, 15) is 19.2 Å². The predicted octanol–water partition coefficient (Wildman–Crippen LogP) is 5.97. The molecule has 1 amide bonds. The molecular formula is C29H42FN3O6. The van der Waals surface area contributed by atoms with Gasteiger partial charge < -0.3 is 24.3 Å². The first kappa shape index (κ1) is 31.8. The molecule has 2 heterocycles. The van der Waals surface area contributed by atoms with E-state index in [1.165, 1.54) is 6.20 Å². The number of anilines is 1. The molecule has 0 radical (unpaired) electrons. The van der Waals surface area contributed by atoms with Crippen molar-refractivity contribution in [1.29, 1.82) is 0 Å². The zero-order valence-corrected chi connectivity index (χ0v) is 24.4. The Kier molecular flexibility index (Phi) is 11.1. The highest BCUT2D eigenvalue weighted by atomic mass is 19.1. The molecular weight excluding hydrogens is 505 g/mol. The number of amides is 1. The van der Waals surface area contributed by atoms with Crippen molar-refractivity contribution >= 4 is 34.9 Å². The molecule has 216 valence electrons. The SMILES string of the molecule is CC.CC.CCOC(=O)c1cn(C2CC2)c2c(C=O)c(N3CCC[C@H]3NC(=O)OC(C)(C)C)c(F)cc2c1=O. The zero-order valence-electron chi connectivity index (χ0n) is 24.4. The minimum Gasteiger partial charge on any atom is -0.462 e. The molecule has 1 N–H and O–H groups in total. The van der Waals surface area contributed by atoms with Crippen molar-refractivity contribution in [2.24, 2.45) is 0 Å². The van der Waals surface area contributed by atoms with Crippen molar-refractivity contribution in [2.45, 2.75) is 98.9 Å². The second-order valence-electron chi connectivity index (χ2n) is 9.86. The highest BCUT2D eigenvalue weighted by Gasteiger charge is 2.35. The Morgan fingerprint density at radius 1 is 1.15 bits per heavy atom. The lowest BCUT2D eigenvalue weighted by Crippen LogP contribution is -2.47. The zero-order chi connectivity index (χ0) is 29.5. The first-order valence-corrected chi connectivity index (χ1v) is 13.9. The van der Waals surface area contributed by atoms with Gasteiger partial charge in [0.25, 0.3) is 0 Å². The fourth-order valence-electron chi connectivity index (χ4n) is 4.53. The van der Waals surface area contributed by atoms with Crippen molar-refractivity contribution < 1.29 is 28.2 Å². The summed E-state index contributed by atoms with van der Waals surface area (Å²) in [6.45, 7) is 15.4. The predicted molar refractivity (Wildman–Crippen MR) is 150 cm³/mol. The summed E-state index contributed by atoms with van der Waals surface area (Å²) in [5.41, 5.74) is -1.28. The normalized spacial score (nSPS) is 16.4. The van der Waals surface area contributed by atoms with Gasteiger partial charge in [-0.15, -0.1) is 0 Å². The molecule has 9 nitrogen and oxygen atoms in total. The summed E-state index contributed by atoms with van der Waals surface area (Å²) < 4.78 is 27.7. The van der Waals surface area contributed by atoms with Crippen LogP contribution < -0.4 is 15.6 Å². The largest absolute Gasteiger partial charge is 0.462 e. The van der Waals surface area contributed by atoms with Gasteiger partial charge in [-0.25, -0.2) is 14.0 Å². The third kappa shape index (κ3) is 7.16.